The van der Waals surface area contributed by atoms with Gasteiger partial charge in [0.05, 0.1) is 0 Å². The third kappa shape index (κ3) is 45.6. The molecule has 0 amide bonds. The minimum absolute atomic E-state index is 0.167. The number of hydrogen-bond donors (Lipinski definition) is 0. The maximum Gasteiger partial charge on any atom is 0.180 e. The van der Waals surface area contributed by atoms with E-state index in [1.807, 2.05) is 0 Å². The van der Waals surface area contributed by atoms with E-state index in [9.17, 15) is 4.79 Å². The highest BCUT2D eigenvalue weighted by Gasteiger charge is 1.94. The highest BCUT2D eigenvalue weighted by Crippen LogP contribution is 2.03. The molecule has 1 aliphatic rings. The number of carbonyl (C=O) groups is 1. The Morgan fingerprint density at radius 3 is 1.46 bits per heavy atom. The zero-order valence-corrected chi connectivity index (χ0v) is 10.1. The van der Waals surface area contributed by atoms with Crippen LogP contribution in [-0.4, -0.2) is 23.3 Å². The van der Waals surface area contributed by atoms with Crippen molar-refractivity contribution in [2.45, 2.75) is 31.0 Å². The molecule has 80 valence electrons. The molecule has 0 unspecified atom stereocenters. The summed E-state index contributed by atoms with van der Waals surface area (Å²) in [6, 6.07) is 0. The van der Waals surface area contributed by atoms with Crippen LogP contribution in [0.3, 0.4) is 0 Å². The third-order valence-electron chi connectivity index (χ3n) is 0.827. The first-order valence-corrected chi connectivity index (χ1v) is 5.25. The van der Waals surface area contributed by atoms with Crippen LogP contribution >= 0.6 is 34.8 Å². The molecule has 2 nitrogen and oxygen atoms in total. The highest BCUT2D eigenvalue weighted by molar-refractivity contribution is 6.63. The summed E-state index contributed by atoms with van der Waals surface area (Å²) in [5.41, 5.74) is 0. The zero-order chi connectivity index (χ0) is 10.7. The lowest BCUT2D eigenvalue weighted by atomic mass is 10.4. The molecule has 0 aromatic rings. The summed E-state index contributed by atoms with van der Waals surface area (Å²) in [5.74, 6) is 0.167. The summed E-state index contributed by atoms with van der Waals surface area (Å²) in [6.45, 7) is 5.06. The second-order valence-electron chi connectivity index (χ2n) is 2.48. The molecule has 1 heterocycles. The van der Waals surface area contributed by atoms with E-state index in [0.717, 1.165) is 13.2 Å². The molecule has 0 radical (unpaired) electrons. The SMILES string of the molecule is C1CCOC1.CC(C)=O.ClC(Cl)Cl. The summed E-state index contributed by atoms with van der Waals surface area (Å²) in [5, 5.41) is 0. The Labute approximate surface area is 94.5 Å². The minimum atomic E-state index is -0.750. The maximum atomic E-state index is 9.44. The van der Waals surface area contributed by atoms with E-state index < -0.39 is 4.30 Å². The molecule has 0 saturated carbocycles. The third-order valence-corrected chi connectivity index (χ3v) is 0.827. The van der Waals surface area contributed by atoms with Crippen molar-refractivity contribution in [2.24, 2.45) is 0 Å². The van der Waals surface area contributed by atoms with Crippen molar-refractivity contribution >= 4 is 40.6 Å². The number of Topliss-reactive ketones (excluding diaryl/α,β-unsaturated/α-hetero) is 1. The molecular weight excluding hydrogens is 234 g/mol. The standard InChI is InChI=1S/C4H8O.C3H6O.CHCl3/c1-2-4-5-3-1;1-3(2)4;2-1(3)4/h1-4H2;1-2H3;1H. The predicted molar refractivity (Wildman–Crippen MR) is 57.8 cm³/mol. The van der Waals surface area contributed by atoms with Gasteiger partial charge in [-0.15, -0.1) is 0 Å². The van der Waals surface area contributed by atoms with Crippen LogP contribution in [0.2, 0.25) is 0 Å². The van der Waals surface area contributed by atoms with Crippen molar-refractivity contribution in [3.8, 4) is 0 Å². The number of carbonyl (C=O) groups excluding carboxylic acids is 1. The first-order valence-electron chi connectivity index (χ1n) is 3.94. The number of ketones is 1. The lowest BCUT2D eigenvalue weighted by Crippen LogP contribution is -1.74. The molecule has 1 saturated heterocycles. The van der Waals surface area contributed by atoms with Gasteiger partial charge >= 0.3 is 0 Å². The number of ether oxygens (including phenoxy) is 1. The normalized spacial score (nSPS) is 14.0. The van der Waals surface area contributed by atoms with E-state index in [4.69, 9.17) is 39.5 Å². The molecule has 0 spiro atoms. The second-order valence-corrected chi connectivity index (χ2v) is 4.45. The molecule has 0 aliphatic carbocycles. The molecule has 0 aromatic heterocycles. The first-order chi connectivity index (χ1) is 5.96. The summed E-state index contributed by atoms with van der Waals surface area (Å²) < 4.78 is 4.19. The van der Waals surface area contributed by atoms with Crippen molar-refractivity contribution in [2.75, 3.05) is 13.2 Å². The van der Waals surface area contributed by atoms with E-state index in [2.05, 4.69) is 0 Å². The van der Waals surface area contributed by atoms with Gasteiger partial charge in [-0.05, 0) is 26.7 Å². The molecule has 0 bridgehead atoms. The molecule has 13 heavy (non-hydrogen) atoms. The van der Waals surface area contributed by atoms with Gasteiger partial charge in [-0.2, -0.15) is 0 Å². The molecule has 0 aromatic carbocycles. The Bertz CT molecular complexity index is 99.6. The van der Waals surface area contributed by atoms with Crippen LogP contribution in [0.1, 0.15) is 26.7 Å². The Morgan fingerprint density at radius 2 is 1.38 bits per heavy atom. The lowest BCUT2D eigenvalue weighted by molar-refractivity contribution is -0.114. The lowest BCUT2D eigenvalue weighted by Gasteiger charge is -1.76. The van der Waals surface area contributed by atoms with Crippen LogP contribution in [0.4, 0.5) is 0 Å². The van der Waals surface area contributed by atoms with Gasteiger partial charge < -0.3 is 9.53 Å². The first kappa shape index (κ1) is 15.9. The van der Waals surface area contributed by atoms with E-state index >= 15 is 0 Å². The fourth-order valence-electron chi connectivity index (χ4n) is 0.510. The Balaban J connectivity index is 0. The van der Waals surface area contributed by atoms with Gasteiger partial charge in [0.25, 0.3) is 0 Å². The zero-order valence-electron chi connectivity index (χ0n) is 7.86. The second kappa shape index (κ2) is 12.5. The smallest absolute Gasteiger partial charge is 0.180 e. The molecule has 1 aliphatic heterocycles. The maximum absolute atomic E-state index is 9.44. The minimum Gasteiger partial charge on any atom is -0.381 e. The fourth-order valence-corrected chi connectivity index (χ4v) is 0.510. The van der Waals surface area contributed by atoms with Gasteiger partial charge in [0.15, 0.2) is 4.30 Å². The van der Waals surface area contributed by atoms with E-state index in [1.54, 1.807) is 0 Å². The largest absolute Gasteiger partial charge is 0.381 e. The quantitative estimate of drug-likeness (QED) is 0.615. The molecule has 0 N–H and O–H groups in total. The van der Waals surface area contributed by atoms with Gasteiger partial charge in [0.1, 0.15) is 5.78 Å². The number of rotatable bonds is 0. The van der Waals surface area contributed by atoms with Gasteiger partial charge in [-0.25, -0.2) is 0 Å². The van der Waals surface area contributed by atoms with Gasteiger partial charge in [-0.3, -0.25) is 0 Å². The monoisotopic (exact) mass is 248 g/mol. The average Bonchev–Trinajstić information content (AvgIpc) is 2.35. The van der Waals surface area contributed by atoms with Crippen LogP contribution in [-0.2, 0) is 9.53 Å². The summed E-state index contributed by atoms with van der Waals surface area (Å²) in [6.07, 6.45) is 2.56. The number of halogens is 3. The van der Waals surface area contributed by atoms with Gasteiger partial charge in [0.2, 0.25) is 0 Å². The molecule has 1 rings (SSSR count). The molecule has 1 fully saturated rings. The van der Waals surface area contributed by atoms with Crippen molar-refractivity contribution in [1.82, 2.24) is 0 Å². The average molecular weight is 250 g/mol. The van der Waals surface area contributed by atoms with E-state index in [0.29, 0.717) is 0 Å². The predicted octanol–water partition coefficient (Wildman–Crippen LogP) is 3.38. The van der Waals surface area contributed by atoms with Gasteiger partial charge in [-0.1, -0.05) is 34.8 Å². The summed E-state index contributed by atoms with van der Waals surface area (Å²) in [4.78, 5) is 9.44. The Hall–Kier alpha value is 0.500. The van der Waals surface area contributed by atoms with Crippen LogP contribution in [0.15, 0.2) is 0 Å². The van der Waals surface area contributed by atoms with E-state index in [1.165, 1.54) is 26.7 Å². The van der Waals surface area contributed by atoms with Crippen LogP contribution < -0.4 is 0 Å². The summed E-state index contributed by atoms with van der Waals surface area (Å²) in [7, 11) is 0. The Morgan fingerprint density at radius 1 is 1.15 bits per heavy atom. The molecule has 5 heteroatoms. The molecule has 0 atom stereocenters. The number of alkyl halides is 3. The topological polar surface area (TPSA) is 26.3 Å². The van der Waals surface area contributed by atoms with Crippen molar-refractivity contribution in [3.63, 3.8) is 0 Å². The van der Waals surface area contributed by atoms with Crippen LogP contribution in [0.25, 0.3) is 0 Å². The van der Waals surface area contributed by atoms with Crippen molar-refractivity contribution < 1.29 is 9.53 Å². The van der Waals surface area contributed by atoms with Crippen molar-refractivity contribution in [1.29, 1.82) is 0 Å². The van der Waals surface area contributed by atoms with Gasteiger partial charge in [0, 0.05) is 13.2 Å². The van der Waals surface area contributed by atoms with Crippen LogP contribution in [0, 0.1) is 0 Å². The van der Waals surface area contributed by atoms with Crippen LogP contribution in [0.5, 0.6) is 0 Å². The molecular formula is C8H15Cl3O2. The van der Waals surface area contributed by atoms with Crippen molar-refractivity contribution in [3.05, 3.63) is 0 Å². The fraction of sp³-hybridized carbons (Fsp3) is 0.875. The Kier molecular flexibility index (Phi) is 15.3. The number of hydrogen-bond acceptors (Lipinski definition) is 2. The summed E-state index contributed by atoms with van der Waals surface area (Å²) >= 11 is 14.4. The van der Waals surface area contributed by atoms with E-state index in [-0.39, 0.29) is 5.78 Å². The highest BCUT2D eigenvalue weighted by atomic mass is 35.6.